The summed E-state index contributed by atoms with van der Waals surface area (Å²) in [6, 6.07) is 9.78. The van der Waals surface area contributed by atoms with Gasteiger partial charge in [-0.2, -0.15) is 0 Å². The zero-order valence-corrected chi connectivity index (χ0v) is 13.4. The summed E-state index contributed by atoms with van der Waals surface area (Å²) >= 11 is 1.39. The molecule has 1 aromatic heterocycles. The molecule has 1 N–H and O–H groups in total. The zero-order valence-electron chi connectivity index (χ0n) is 12.5. The molecule has 0 bridgehead atoms. The number of nitrogens with one attached hydrogen (secondary N) is 1. The Labute approximate surface area is 129 Å². The Bertz CT molecular complexity index is 580. The largest absolute Gasteiger partial charge is 0.342 e. The number of thioether (sulfide) groups is 1. The molecule has 0 spiro atoms. The number of carbonyl (C=O) groups is 1. The van der Waals surface area contributed by atoms with Crippen molar-refractivity contribution in [3.8, 4) is 0 Å². The van der Waals surface area contributed by atoms with Gasteiger partial charge in [-0.25, -0.2) is 4.98 Å². The third kappa shape index (κ3) is 3.85. The summed E-state index contributed by atoms with van der Waals surface area (Å²) in [5, 5.41) is 7.23. The summed E-state index contributed by atoms with van der Waals surface area (Å²) in [5.74, 6) is 0.846. The topological polar surface area (TPSA) is 61.9 Å². The first-order valence-electron chi connectivity index (χ1n) is 7.05. The molecule has 1 heterocycles. The highest BCUT2D eigenvalue weighted by Gasteiger charge is 2.26. The van der Waals surface area contributed by atoms with E-state index in [2.05, 4.69) is 15.2 Å². The van der Waals surface area contributed by atoms with Crippen LogP contribution < -0.4 is 0 Å². The first-order chi connectivity index (χ1) is 10.2. The summed E-state index contributed by atoms with van der Waals surface area (Å²) in [5.41, 5.74) is 0.974. The van der Waals surface area contributed by atoms with Crippen LogP contribution >= 0.6 is 11.8 Å². The molecule has 1 aromatic carbocycles. The number of hydrogen-bond donors (Lipinski definition) is 1. The number of benzene rings is 1. The minimum absolute atomic E-state index is 0.0960. The molecule has 2 aromatic rings. The van der Waals surface area contributed by atoms with Gasteiger partial charge in [-0.05, 0) is 26.3 Å². The molecule has 2 rings (SSSR count). The molecular weight excluding hydrogens is 284 g/mol. The molecule has 1 unspecified atom stereocenters. The van der Waals surface area contributed by atoms with Crippen LogP contribution in [0.5, 0.6) is 0 Å². The quantitative estimate of drug-likeness (QED) is 0.834. The number of likely N-dealkylation sites (N-methyl/N-ethyl adjacent to an activating group) is 1. The van der Waals surface area contributed by atoms with E-state index in [-0.39, 0.29) is 11.2 Å². The van der Waals surface area contributed by atoms with Gasteiger partial charge in [0.05, 0.1) is 0 Å². The summed E-state index contributed by atoms with van der Waals surface area (Å²) in [4.78, 5) is 18.9. The average Bonchev–Trinajstić information content (AvgIpc) is 2.92. The SMILES string of the molecule is CCN(CC)C(=O)C(Sc1n[nH]c(C)n1)c1ccccc1. The van der Waals surface area contributed by atoms with Crippen LogP contribution in [0.15, 0.2) is 35.5 Å². The minimum Gasteiger partial charge on any atom is -0.342 e. The molecule has 21 heavy (non-hydrogen) atoms. The zero-order chi connectivity index (χ0) is 15.2. The van der Waals surface area contributed by atoms with Crippen LogP contribution in [0.4, 0.5) is 0 Å². The van der Waals surface area contributed by atoms with E-state index in [9.17, 15) is 4.79 Å². The Morgan fingerprint density at radius 3 is 2.48 bits per heavy atom. The van der Waals surface area contributed by atoms with E-state index >= 15 is 0 Å². The number of hydrogen-bond acceptors (Lipinski definition) is 4. The van der Waals surface area contributed by atoms with E-state index < -0.39 is 0 Å². The third-order valence-electron chi connectivity index (χ3n) is 3.20. The lowest BCUT2D eigenvalue weighted by molar-refractivity contribution is -0.130. The van der Waals surface area contributed by atoms with Crippen molar-refractivity contribution in [1.82, 2.24) is 20.1 Å². The Balaban J connectivity index is 2.28. The van der Waals surface area contributed by atoms with Gasteiger partial charge in [-0.1, -0.05) is 42.1 Å². The normalized spacial score (nSPS) is 12.1. The molecule has 6 heteroatoms. The van der Waals surface area contributed by atoms with Crippen molar-refractivity contribution >= 4 is 17.7 Å². The summed E-state index contributed by atoms with van der Waals surface area (Å²) < 4.78 is 0. The van der Waals surface area contributed by atoms with E-state index in [0.717, 1.165) is 11.4 Å². The standard InChI is InChI=1S/C15H20N4OS/c1-4-19(5-2)14(20)13(12-9-7-6-8-10-12)21-15-16-11(3)17-18-15/h6-10,13H,4-5H2,1-3H3,(H,16,17,18). The van der Waals surface area contributed by atoms with Gasteiger partial charge in [0.25, 0.3) is 0 Å². The molecule has 0 fully saturated rings. The lowest BCUT2D eigenvalue weighted by Gasteiger charge is -2.24. The molecular formula is C15H20N4OS. The highest BCUT2D eigenvalue weighted by molar-refractivity contribution is 8.00. The van der Waals surface area contributed by atoms with Crippen molar-refractivity contribution < 1.29 is 4.79 Å². The molecule has 5 nitrogen and oxygen atoms in total. The smallest absolute Gasteiger partial charge is 0.240 e. The number of amides is 1. The summed E-state index contributed by atoms with van der Waals surface area (Å²) in [7, 11) is 0. The molecule has 112 valence electrons. The van der Waals surface area contributed by atoms with E-state index in [0.29, 0.717) is 18.2 Å². The predicted octanol–water partition coefficient (Wildman–Crippen LogP) is 2.81. The Hall–Kier alpha value is -1.82. The van der Waals surface area contributed by atoms with E-state index in [4.69, 9.17) is 0 Å². The minimum atomic E-state index is -0.318. The molecule has 1 amide bonds. The molecule has 0 aliphatic rings. The highest BCUT2D eigenvalue weighted by Crippen LogP contribution is 2.34. The number of aromatic nitrogens is 3. The molecule has 0 saturated carbocycles. The van der Waals surface area contributed by atoms with Crippen LogP contribution in [0.2, 0.25) is 0 Å². The summed E-state index contributed by atoms with van der Waals surface area (Å²) in [6.07, 6.45) is 0. The second-order valence-corrected chi connectivity index (χ2v) is 5.69. The van der Waals surface area contributed by atoms with Crippen LogP contribution in [0.3, 0.4) is 0 Å². The van der Waals surface area contributed by atoms with E-state index in [1.807, 2.05) is 56.0 Å². The number of nitrogens with zero attached hydrogens (tertiary/aromatic N) is 3. The second kappa shape index (κ2) is 7.26. The molecule has 0 aliphatic carbocycles. The van der Waals surface area contributed by atoms with Crippen LogP contribution in [0.1, 0.15) is 30.5 Å². The molecule has 0 aliphatic heterocycles. The van der Waals surface area contributed by atoms with Crippen LogP contribution in [0.25, 0.3) is 0 Å². The summed E-state index contributed by atoms with van der Waals surface area (Å²) in [6.45, 7) is 7.23. The number of rotatable bonds is 6. The number of carbonyl (C=O) groups excluding carboxylic acids is 1. The predicted molar refractivity (Wildman–Crippen MR) is 84.1 cm³/mol. The van der Waals surface area contributed by atoms with Crippen LogP contribution in [-0.2, 0) is 4.79 Å². The highest BCUT2D eigenvalue weighted by atomic mass is 32.2. The van der Waals surface area contributed by atoms with Crippen molar-refractivity contribution in [3.63, 3.8) is 0 Å². The maximum absolute atomic E-state index is 12.8. The maximum Gasteiger partial charge on any atom is 0.240 e. The Morgan fingerprint density at radius 2 is 1.95 bits per heavy atom. The van der Waals surface area contributed by atoms with Gasteiger partial charge < -0.3 is 4.90 Å². The fraction of sp³-hybridized carbons (Fsp3) is 0.400. The van der Waals surface area contributed by atoms with Crippen LogP contribution in [-0.4, -0.2) is 39.1 Å². The van der Waals surface area contributed by atoms with E-state index in [1.165, 1.54) is 11.8 Å². The van der Waals surface area contributed by atoms with Gasteiger partial charge in [-0.15, -0.1) is 5.10 Å². The fourth-order valence-electron chi connectivity index (χ4n) is 2.07. The third-order valence-corrected chi connectivity index (χ3v) is 4.30. The average molecular weight is 304 g/mol. The van der Waals surface area contributed by atoms with Crippen LogP contribution in [0, 0.1) is 6.92 Å². The maximum atomic E-state index is 12.8. The van der Waals surface area contributed by atoms with Gasteiger partial charge in [-0.3, -0.25) is 9.89 Å². The number of aryl methyl sites for hydroxylation is 1. The van der Waals surface area contributed by atoms with Crippen molar-refractivity contribution in [1.29, 1.82) is 0 Å². The van der Waals surface area contributed by atoms with Gasteiger partial charge in [0, 0.05) is 13.1 Å². The number of aromatic amines is 1. The lowest BCUT2D eigenvalue weighted by Crippen LogP contribution is -2.33. The Morgan fingerprint density at radius 1 is 1.29 bits per heavy atom. The van der Waals surface area contributed by atoms with Gasteiger partial charge >= 0.3 is 0 Å². The Kier molecular flexibility index (Phi) is 5.38. The monoisotopic (exact) mass is 304 g/mol. The van der Waals surface area contributed by atoms with Crippen molar-refractivity contribution in [2.75, 3.05) is 13.1 Å². The van der Waals surface area contributed by atoms with Gasteiger partial charge in [0.1, 0.15) is 11.1 Å². The van der Waals surface area contributed by atoms with Crippen molar-refractivity contribution in [3.05, 3.63) is 41.7 Å². The molecule has 0 radical (unpaired) electrons. The van der Waals surface area contributed by atoms with Crippen molar-refractivity contribution in [2.45, 2.75) is 31.2 Å². The van der Waals surface area contributed by atoms with E-state index in [1.54, 1.807) is 0 Å². The van der Waals surface area contributed by atoms with Gasteiger partial charge in [0.15, 0.2) is 0 Å². The molecule has 0 saturated heterocycles. The first-order valence-corrected chi connectivity index (χ1v) is 7.93. The van der Waals surface area contributed by atoms with Crippen molar-refractivity contribution in [2.24, 2.45) is 0 Å². The second-order valence-electron chi connectivity index (χ2n) is 4.62. The molecule has 1 atom stereocenters. The first kappa shape index (κ1) is 15.6. The van der Waals surface area contributed by atoms with Gasteiger partial charge in [0.2, 0.25) is 11.1 Å². The lowest BCUT2D eigenvalue weighted by atomic mass is 10.1. The number of H-pyrrole nitrogens is 1. The fourth-order valence-corrected chi connectivity index (χ4v) is 3.11.